The molecule has 0 bridgehead atoms. The van der Waals surface area contributed by atoms with E-state index in [2.05, 4.69) is 31.2 Å². The van der Waals surface area contributed by atoms with Gasteiger partial charge in [0.25, 0.3) is 0 Å². The predicted octanol–water partition coefficient (Wildman–Crippen LogP) is 1.95. The quantitative estimate of drug-likeness (QED) is 0.907. The summed E-state index contributed by atoms with van der Waals surface area (Å²) >= 11 is 0. The standard InChI is InChI=1S/C20H26N2O2S/c1-16-9-10-17(2)20(15-16)25(23,24)22-13-11-21(12-14-22)18(3)19-7-5-4-6-8-19/h4-10,15,18H,11-14H2,1-3H3/p+1/t18-/m0/s1. The summed E-state index contributed by atoms with van der Waals surface area (Å²) in [6.45, 7) is 8.83. The van der Waals surface area contributed by atoms with E-state index in [1.54, 1.807) is 10.4 Å². The minimum atomic E-state index is -3.41. The maximum Gasteiger partial charge on any atom is 0.243 e. The molecule has 1 fully saturated rings. The zero-order chi connectivity index (χ0) is 18.0. The molecule has 2 aromatic rings. The molecule has 0 aliphatic carbocycles. The molecule has 4 nitrogen and oxygen atoms in total. The van der Waals surface area contributed by atoms with Gasteiger partial charge in [-0.2, -0.15) is 4.31 Å². The van der Waals surface area contributed by atoms with E-state index in [9.17, 15) is 8.42 Å². The Bertz CT molecular complexity index is 826. The zero-order valence-electron chi connectivity index (χ0n) is 15.2. The summed E-state index contributed by atoms with van der Waals surface area (Å²) in [7, 11) is -3.41. The molecular formula is C20H27N2O2S+. The Morgan fingerprint density at radius 3 is 2.28 bits per heavy atom. The summed E-state index contributed by atoms with van der Waals surface area (Å²) in [4.78, 5) is 1.89. The summed E-state index contributed by atoms with van der Waals surface area (Å²) in [6, 6.07) is 16.5. The number of nitrogens with one attached hydrogen (secondary N) is 1. The Kier molecular flexibility index (Phi) is 5.27. The molecule has 1 aliphatic rings. The fraction of sp³-hybridized carbons (Fsp3) is 0.400. The molecule has 1 atom stereocenters. The topological polar surface area (TPSA) is 41.8 Å². The minimum Gasteiger partial charge on any atom is -0.327 e. The van der Waals surface area contributed by atoms with Gasteiger partial charge in [-0.25, -0.2) is 8.42 Å². The molecule has 0 amide bonds. The van der Waals surface area contributed by atoms with Crippen molar-refractivity contribution in [3.8, 4) is 0 Å². The van der Waals surface area contributed by atoms with Crippen molar-refractivity contribution in [1.29, 1.82) is 0 Å². The molecule has 2 aromatic carbocycles. The largest absolute Gasteiger partial charge is 0.327 e. The lowest BCUT2D eigenvalue weighted by molar-refractivity contribution is -0.933. The fourth-order valence-electron chi connectivity index (χ4n) is 3.55. The lowest BCUT2D eigenvalue weighted by Crippen LogP contribution is -3.14. The summed E-state index contributed by atoms with van der Waals surface area (Å²) in [6.07, 6.45) is 0. The van der Waals surface area contributed by atoms with Crippen LogP contribution in [0.3, 0.4) is 0 Å². The number of quaternary nitrogens is 1. The molecule has 0 spiro atoms. The molecule has 1 saturated heterocycles. The number of aryl methyl sites for hydroxylation is 2. The SMILES string of the molecule is Cc1ccc(C)c(S(=O)(=O)N2CC[NH+]([C@@H](C)c3ccccc3)CC2)c1. The highest BCUT2D eigenvalue weighted by molar-refractivity contribution is 7.89. The Hall–Kier alpha value is -1.69. The van der Waals surface area contributed by atoms with Crippen LogP contribution in [0.15, 0.2) is 53.4 Å². The van der Waals surface area contributed by atoms with Crippen LogP contribution in [-0.4, -0.2) is 38.9 Å². The highest BCUT2D eigenvalue weighted by Gasteiger charge is 2.33. The molecule has 3 rings (SSSR count). The number of hydrogen-bond acceptors (Lipinski definition) is 2. The minimum absolute atomic E-state index is 0.381. The second kappa shape index (κ2) is 7.28. The van der Waals surface area contributed by atoms with Crippen LogP contribution in [0.5, 0.6) is 0 Å². The van der Waals surface area contributed by atoms with Crippen molar-refractivity contribution in [3.05, 3.63) is 65.2 Å². The van der Waals surface area contributed by atoms with E-state index in [-0.39, 0.29) is 0 Å². The Labute approximate surface area is 151 Å². The van der Waals surface area contributed by atoms with Crippen LogP contribution in [-0.2, 0) is 10.0 Å². The van der Waals surface area contributed by atoms with Gasteiger partial charge in [0.1, 0.15) is 6.04 Å². The lowest BCUT2D eigenvalue weighted by Gasteiger charge is -2.35. The van der Waals surface area contributed by atoms with Crippen molar-refractivity contribution in [2.45, 2.75) is 31.7 Å². The average Bonchev–Trinajstić information content (AvgIpc) is 2.64. The van der Waals surface area contributed by atoms with Crippen LogP contribution in [0.4, 0.5) is 0 Å². The Morgan fingerprint density at radius 1 is 1.00 bits per heavy atom. The van der Waals surface area contributed by atoms with E-state index in [1.165, 1.54) is 10.5 Å². The second-order valence-corrected chi connectivity index (χ2v) is 8.87. The number of sulfonamides is 1. The second-order valence-electron chi connectivity index (χ2n) is 6.96. The van der Waals surface area contributed by atoms with E-state index in [0.29, 0.717) is 24.0 Å². The van der Waals surface area contributed by atoms with Crippen molar-refractivity contribution >= 4 is 10.0 Å². The first-order valence-corrected chi connectivity index (χ1v) is 10.3. The van der Waals surface area contributed by atoms with Crippen molar-refractivity contribution in [2.24, 2.45) is 0 Å². The molecule has 0 radical (unpaired) electrons. The number of hydrogen-bond donors (Lipinski definition) is 1. The van der Waals surface area contributed by atoms with Crippen LogP contribution in [0.25, 0.3) is 0 Å². The van der Waals surface area contributed by atoms with E-state index in [4.69, 9.17) is 0 Å². The van der Waals surface area contributed by atoms with Gasteiger partial charge < -0.3 is 4.90 Å². The van der Waals surface area contributed by atoms with E-state index in [0.717, 1.165) is 24.2 Å². The van der Waals surface area contributed by atoms with Gasteiger partial charge in [-0.1, -0.05) is 42.5 Å². The molecule has 5 heteroatoms. The van der Waals surface area contributed by atoms with Gasteiger partial charge in [-0.05, 0) is 38.0 Å². The van der Waals surface area contributed by atoms with E-state index in [1.807, 2.05) is 32.0 Å². The van der Waals surface area contributed by atoms with Crippen LogP contribution in [0.1, 0.15) is 29.7 Å². The molecule has 0 saturated carbocycles. The third kappa shape index (κ3) is 3.78. The van der Waals surface area contributed by atoms with Crippen LogP contribution in [0.2, 0.25) is 0 Å². The molecule has 0 aromatic heterocycles. The fourth-order valence-corrected chi connectivity index (χ4v) is 5.30. The summed E-state index contributed by atoms with van der Waals surface area (Å²) in [5.41, 5.74) is 3.10. The van der Waals surface area contributed by atoms with Gasteiger partial charge in [0, 0.05) is 5.56 Å². The summed E-state index contributed by atoms with van der Waals surface area (Å²) in [5.74, 6) is 0. The highest BCUT2D eigenvalue weighted by Crippen LogP contribution is 2.21. The molecule has 25 heavy (non-hydrogen) atoms. The van der Waals surface area contributed by atoms with Crippen molar-refractivity contribution in [2.75, 3.05) is 26.2 Å². The zero-order valence-corrected chi connectivity index (χ0v) is 16.0. The lowest BCUT2D eigenvalue weighted by atomic mass is 10.1. The van der Waals surface area contributed by atoms with Crippen LogP contribution in [0, 0.1) is 13.8 Å². The predicted molar refractivity (Wildman–Crippen MR) is 100 cm³/mol. The third-order valence-corrected chi connectivity index (χ3v) is 7.28. The van der Waals surface area contributed by atoms with Gasteiger partial charge in [0.15, 0.2) is 0 Å². The van der Waals surface area contributed by atoms with Crippen LogP contribution < -0.4 is 4.90 Å². The summed E-state index contributed by atoms with van der Waals surface area (Å²) in [5, 5.41) is 0. The van der Waals surface area contributed by atoms with Crippen molar-refractivity contribution in [3.63, 3.8) is 0 Å². The third-order valence-electron chi connectivity index (χ3n) is 5.24. The molecular weight excluding hydrogens is 332 g/mol. The van der Waals surface area contributed by atoms with Gasteiger partial charge in [-0.3, -0.25) is 0 Å². The van der Waals surface area contributed by atoms with Gasteiger partial charge in [0.2, 0.25) is 10.0 Å². The van der Waals surface area contributed by atoms with Gasteiger partial charge in [0.05, 0.1) is 31.1 Å². The first-order valence-electron chi connectivity index (χ1n) is 8.86. The van der Waals surface area contributed by atoms with Crippen molar-refractivity contribution in [1.82, 2.24) is 4.31 Å². The molecule has 1 N–H and O–H groups in total. The first kappa shape index (κ1) is 18.1. The average molecular weight is 360 g/mol. The molecule has 134 valence electrons. The number of rotatable bonds is 4. The first-order chi connectivity index (χ1) is 11.9. The number of nitrogens with zero attached hydrogens (tertiary/aromatic N) is 1. The smallest absolute Gasteiger partial charge is 0.243 e. The maximum absolute atomic E-state index is 13.0. The van der Waals surface area contributed by atoms with Gasteiger partial charge >= 0.3 is 0 Å². The molecule has 1 heterocycles. The number of piperazine rings is 1. The van der Waals surface area contributed by atoms with Gasteiger partial charge in [-0.15, -0.1) is 0 Å². The van der Waals surface area contributed by atoms with Crippen LogP contribution >= 0.6 is 0 Å². The number of benzene rings is 2. The van der Waals surface area contributed by atoms with E-state index >= 15 is 0 Å². The van der Waals surface area contributed by atoms with E-state index < -0.39 is 10.0 Å². The molecule has 1 aliphatic heterocycles. The monoisotopic (exact) mass is 359 g/mol. The highest BCUT2D eigenvalue weighted by atomic mass is 32.2. The normalized spacial score (nSPS) is 18.2. The maximum atomic E-state index is 13.0. The Morgan fingerprint density at radius 2 is 1.64 bits per heavy atom. The molecule has 0 unspecified atom stereocenters. The van der Waals surface area contributed by atoms with Crippen molar-refractivity contribution < 1.29 is 13.3 Å². The summed E-state index contributed by atoms with van der Waals surface area (Å²) < 4.78 is 27.7. The Balaban J connectivity index is 1.72.